The number of aryl methyl sites for hydroxylation is 1. The Morgan fingerprint density at radius 3 is 2.80 bits per heavy atom. The number of hydrogen-bond acceptors (Lipinski definition) is 4. The summed E-state index contributed by atoms with van der Waals surface area (Å²) in [4.78, 5) is 14.8. The van der Waals surface area contributed by atoms with E-state index in [1.807, 2.05) is 12.3 Å². The Morgan fingerprint density at radius 1 is 1.45 bits per heavy atom. The molecule has 20 heavy (non-hydrogen) atoms. The largest absolute Gasteiger partial charge is 0.481 e. The molecule has 0 saturated heterocycles. The number of hydrogen-bond donors (Lipinski definition) is 2. The molecule has 2 rings (SSSR count). The Balaban J connectivity index is 1.95. The number of carbonyl (C=O) groups is 1. The van der Waals surface area contributed by atoms with Crippen LogP contribution < -0.4 is 5.32 Å². The van der Waals surface area contributed by atoms with Crippen LogP contribution in [-0.4, -0.2) is 16.1 Å². The molecule has 0 aliphatic heterocycles. The third-order valence-electron chi connectivity index (χ3n) is 2.86. The van der Waals surface area contributed by atoms with Gasteiger partial charge in [0.05, 0.1) is 18.2 Å². The first-order valence-corrected chi connectivity index (χ1v) is 7.11. The highest BCUT2D eigenvalue weighted by Gasteiger charge is 2.09. The summed E-state index contributed by atoms with van der Waals surface area (Å²) in [7, 11) is 0. The molecule has 2 N–H and O–H groups in total. The highest BCUT2D eigenvalue weighted by molar-refractivity contribution is 7.13. The lowest BCUT2D eigenvalue weighted by Gasteiger charge is -2.13. The number of anilines is 1. The van der Waals surface area contributed by atoms with Crippen molar-refractivity contribution in [1.29, 1.82) is 0 Å². The molecule has 1 aromatic heterocycles. The Morgan fingerprint density at radius 2 is 2.15 bits per heavy atom. The number of rotatable bonds is 6. The van der Waals surface area contributed by atoms with Gasteiger partial charge in [-0.3, -0.25) is 4.79 Å². The van der Waals surface area contributed by atoms with Crippen LogP contribution >= 0.6 is 11.3 Å². The fourth-order valence-corrected chi connectivity index (χ4v) is 2.58. The van der Waals surface area contributed by atoms with Crippen molar-refractivity contribution in [1.82, 2.24) is 4.98 Å². The minimum Gasteiger partial charge on any atom is -0.481 e. The van der Waals surface area contributed by atoms with E-state index >= 15 is 0 Å². The second kappa shape index (κ2) is 6.47. The van der Waals surface area contributed by atoms with Gasteiger partial charge in [0, 0.05) is 11.8 Å². The Bertz CT molecular complexity index is 583. The first-order chi connectivity index (χ1) is 9.54. The van der Waals surface area contributed by atoms with E-state index in [-0.39, 0.29) is 18.3 Å². The molecule has 0 amide bonds. The van der Waals surface area contributed by atoms with E-state index in [0.29, 0.717) is 6.42 Å². The van der Waals surface area contributed by atoms with Gasteiger partial charge in [0.2, 0.25) is 0 Å². The average molecular weight is 294 g/mol. The van der Waals surface area contributed by atoms with Gasteiger partial charge < -0.3 is 10.4 Å². The van der Waals surface area contributed by atoms with Crippen molar-refractivity contribution in [3.63, 3.8) is 0 Å². The molecule has 0 spiro atoms. The van der Waals surface area contributed by atoms with Crippen molar-refractivity contribution in [3.05, 3.63) is 46.7 Å². The van der Waals surface area contributed by atoms with E-state index < -0.39 is 5.97 Å². The van der Waals surface area contributed by atoms with E-state index in [9.17, 15) is 9.18 Å². The summed E-state index contributed by atoms with van der Waals surface area (Å²) in [5.74, 6) is -1.08. The number of benzene rings is 1. The van der Waals surface area contributed by atoms with E-state index in [1.54, 1.807) is 12.1 Å². The van der Waals surface area contributed by atoms with E-state index in [1.165, 1.54) is 23.5 Å². The molecule has 4 nitrogen and oxygen atoms in total. The zero-order chi connectivity index (χ0) is 14.5. The number of aromatic nitrogens is 1. The molecule has 0 radical (unpaired) electrons. The number of halogens is 1. The molecule has 0 fully saturated rings. The molecule has 106 valence electrons. The Hall–Kier alpha value is -1.95. The van der Waals surface area contributed by atoms with Crippen molar-refractivity contribution >= 4 is 22.4 Å². The Kier molecular flexibility index (Phi) is 4.68. The monoisotopic (exact) mass is 294 g/mol. The van der Waals surface area contributed by atoms with Crippen molar-refractivity contribution < 1.29 is 14.3 Å². The maximum absolute atomic E-state index is 12.9. The van der Waals surface area contributed by atoms with Crippen molar-refractivity contribution in [3.8, 4) is 0 Å². The lowest BCUT2D eigenvalue weighted by molar-refractivity contribution is -0.136. The van der Waals surface area contributed by atoms with Crippen LogP contribution in [0.4, 0.5) is 9.52 Å². The highest BCUT2D eigenvalue weighted by atomic mass is 32.1. The van der Waals surface area contributed by atoms with Crippen LogP contribution in [0.25, 0.3) is 0 Å². The van der Waals surface area contributed by atoms with Crippen LogP contribution in [0.5, 0.6) is 0 Å². The molecule has 0 aliphatic rings. The first kappa shape index (κ1) is 14.5. The predicted molar refractivity (Wildman–Crippen MR) is 76.5 cm³/mol. The quantitative estimate of drug-likeness (QED) is 0.856. The van der Waals surface area contributed by atoms with Crippen molar-refractivity contribution in [2.24, 2.45) is 0 Å². The van der Waals surface area contributed by atoms with Gasteiger partial charge >= 0.3 is 5.97 Å². The van der Waals surface area contributed by atoms with Gasteiger partial charge in [0.15, 0.2) is 5.13 Å². The van der Waals surface area contributed by atoms with E-state index in [0.717, 1.165) is 16.4 Å². The molecule has 1 aromatic carbocycles. The standard InChI is InChI=1S/C14H15FN2O2S/c1-9(10-2-4-11(15)5-3-10)16-14-17-12(8-20-14)6-7-13(18)19/h2-5,8-9H,6-7H2,1H3,(H,16,17)(H,18,19). The van der Waals surface area contributed by atoms with Gasteiger partial charge in [-0.2, -0.15) is 0 Å². The number of nitrogens with zero attached hydrogens (tertiary/aromatic N) is 1. The average Bonchev–Trinajstić information content (AvgIpc) is 2.84. The number of carboxylic acid groups (broad SMARTS) is 1. The third kappa shape index (κ3) is 4.03. The lowest BCUT2D eigenvalue weighted by Crippen LogP contribution is -2.06. The second-order valence-electron chi connectivity index (χ2n) is 4.46. The molecule has 0 bridgehead atoms. The molecular weight excluding hydrogens is 279 g/mol. The maximum atomic E-state index is 12.9. The van der Waals surface area contributed by atoms with Gasteiger partial charge in [-0.1, -0.05) is 12.1 Å². The fraction of sp³-hybridized carbons (Fsp3) is 0.286. The summed E-state index contributed by atoms with van der Waals surface area (Å²) in [6.45, 7) is 1.96. The lowest BCUT2D eigenvalue weighted by atomic mass is 10.1. The molecular formula is C14H15FN2O2S. The third-order valence-corrected chi connectivity index (χ3v) is 3.68. The van der Waals surface area contributed by atoms with Gasteiger partial charge in [-0.15, -0.1) is 11.3 Å². The predicted octanol–water partition coefficient (Wildman–Crippen LogP) is 3.47. The molecule has 0 saturated carbocycles. The summed E-state index contributed by atoms with van der Waals surface area (Å²) in [5.41, 5.74) is 1.74. The van der Waals surface area contributed by atoms with Gasteiger partial charge in [-0.25, -0.2) is 9.37 Å². The van der Waals surface area contributed by atoms with Crippen LogP contribution in [0.15, 0.2) is 29.6 Å². The van der Waals surface area contributed by atoms with Crippen LogP contribution in [0.2, 0.25) is 0 Å². The number of aliphatic carboxylic acids is 1. The summed E-state index contributed by atoms with van der Waals surface area (Å²) < 4.78 is 12.9. The minimum absolute atomic E-state index is 0.00840. The van der Waals surface area contributed by atoms with Crippen LogP contribution in [0.1, 0.15) is 30.6 Å². The summed E-state index contributed by atoms with van der Waals surface area (Å²) in [6.07, 6.45) is 0.509. The molecule has 1 atom stereocenters. The molecule has 0 aliphatic carbocycles. The summed E-state index contributed by atoms with van der Waals surface area (Å²) in [5, 5.41) is 14.4. The first-order valence-electron chi connectivity index (χ1n) is 6.23. The van der Waals surface area contributed by atoms with Crippen LogP contribution in [0.3, 0.4) is 0 Å². The second-order valence-corrected chi connectivity index (χ2v) is 5.31. The van der Waals surface area contributed by atoms with Crippen molar-refractivity contribution in [2.45, 2.75) is 25.8 Å². The number of carboxylic acids is 1. The summed E-state index contributed by atoms with van der Waals surface area (Å²) in [6, 6.07) is 6.31. The maximum Gasteiger partial charge on any atom is 0.303 e. The van der Waals surface area contributed by atoms with Gasteiger partial charge in [0.25, 0.3) is 0 Å². The number of nitrogens with one attached hydrogen (secondary N) is 1. The topological polar surface area (TPSA) is 62.2 Å². The molecule has 1 heterocycles. The van der Waals surface area contributed by atoms with Crippen LogP contribution in [0, 0.1) is 5.82 Å². The van der Waals surface area contributed by atoms with Crippen LogP contribution in [-0.2, 0) is 11.2 Å². The van der Waals surface area contributed by atoms with E-state index in [2.05, 4.69) is 10.3 Å². The highest BCUT2D eigenvalue weighted by Crippen LogP contribution is 2.23. The smallest absolute Gasteiger partial charge is 0.303 e. The molecule has 2 aromatic rings. The van der Waals surface area contributed by atoms with Gasteiger partial charge in [0.1, 0.15) is 5.82 Å². The fourth-order valence-electron chi connectivity index (χ4n) is 1.74. The number of thiazole rings is 1. The zero-order valence-electron chi connectivity index (χ0n) is 11.0. The van der Waals surface area contributed by atoms with Gasteiger partial charge in [-0.05, 0) is 24.6 Å². The minimum atomic E-state index is -0.827. The summed E-state index contributed by atoms with van der Waals surface area (Å²) >= 11 is 1.44. The molecule has 1 unspecified atom stereocenters. The normalized spacial score (nSPS) is 12.1. The SMILES string of the molecule is CC(Nc1nc(CCC(=O)O)cs1)c1ccc(F)cc1. The zero-order valence-corrected chi connectivity index (χ0v) is 11.8. The molecule has 6 heteroatoms. The Labute approximate surface area is 120 Å². The van der Waals surface area contributed by atoms with E-state index in [4.69, 9.17) is 5.11 Å². The van der Waals surface area contributed by atoms with Crippen molar-refractivity contribution in [2.75, 3.05) is 5.32 Å².